The molecule has 1 aromatic heterocycles. The third-order valence-corrected chi connectivity index (χ3v) is 7.33. The summed E-state index contributed by atoms with van der Waals surface area (Å²) in [6, 6.07) is 11.9. The number of rotatable bonds is 8. The predicted octanol–water partition coefficient (Wildman–Crippen LogP) is 3.73. The molecule has 1 heterocycles. The van der Waals surface area contributed by atoms with Crippen molar-refractivity contribution in [1.82, 2.24) is 0 Å². The summed E-state index contributed by atoms with van der Waals surface area (Å²) in [6.45, 7) is 1.76. The first kappa shape index (κ1) is 22.6. The highest BCUT2D eigenvalue weighted by atomic mass is 32.2. The van der Waals surface area contributed by atoms with Gasteiger partial charge in [-0.05, 0) is 36.8 Å². The number of benzene rings is 2. The highest BCUT2D eigenvalue weighted by Gasteiger charge is 2.30. The highest BCUT2D eigenvalue weighted by molar-refractivity contribution is 7.92. The van der Waals surface area contributed by atoms with E-state index in [-0.39, 0.29) is 18.1 Å². The second-order valence-corrected chi connectivity index (χ2v) is 10.3. The normalized spacial score (nSPS) is 12.7. The van der Waals surface area contributed by atoms with E-state index < -0.39 is 27.3 Å². The number of fused-ring (bicyclic) bond motifs is 1. The SMILES string of the molecule is CCOC(=O)c1sc2cc(COS(C)(=O)=O)ccc2c1[S+]([O-])c1cccc(OC)c1. The van der Waals surface area contributed by atoms with Gasteiger partial charge in [0, 0.05) is 27.3 Å². The first-order valence-corrected chi connectivity index (χ1v) is 12.6. The second-order valence-electron chi connectivity index (χ2n) is 6.23. The fourth-order valence-corrected chi connectivity index (χ4v) is 5.84. The molecule has 0 spiro atoms. The summed E-state index contributed by atoms with van der Waals surface area (Å²) in [5, 5.41) is 0.632. The minimum absolute atomic E-state index is 0.129. The number of carbonyl (C=O) groups excluding carboxylic acids is 1. The van der Waals surface area contributed by atoms with Crippen LogP contribution in [0.3, 0.4) is 0 Å². The van der Waals surface area contributed by atoms with Crippen molar-refractivity contribution in [1.29, 1.82) is 0 Å². The fourth-order valence-electron chi connectivity index (χ4n) is 2.73. The maximum atomic E-state index is 13.4. The number of methoxy groups -OCH3 is 1. The molecule has 7 nitrogen and oxygen atoms in total. The highest BCUT2D eigenvalue weighted by Crippen LogP contribution is 2.39. The van der Waals surface area contributed by atoms with Crippen molar-refractivity contribution in [2.45, 2.75) is 23.3 Å². The van der Waals surface area contributed by atoms with Crippen LogP contribution in [0.15, 0.2) is 52.3 Å². The smallest absolute Gasteiger partial charge is 0.353 e. The van der Waals surface area contributed by atoms with Crippen LogP contribution < -0.4 is 4.74 Å². The molecule has 0 aliphatic heterocycles. The van der Waals surface area contributed by atoms with Gasteiger partial charge in [-0.2, -0.15) is 8.42 Å². The summed E-state index contributed by atoms with van der Waals surface area (Å²) in [5.74, 6) is -0.00263. The lowest BCUT2D eigenvalue weighted by Crippen LogP contribution is -2.10. The first-order valence-electron chi connectivity index (χ1n) is 8.86. The van der Waals surface area contributed by atoms with Gasteiger partial charge in [0.25, 0.3) is 10.1 Å². The molecule has 0 bridgehead atoms. The van der Waals surface area contributed by atoms with Gasteiger partial charge in [0.15, 0.2) is 14.7 Å². The molecule has 1 unspecified atom stereocenters. The summed E-state index contributed by atoms with van der Waals surface area (Å²) in [7, 11) is -2.07. The molecule has 0 radical (unpaired) electrons. The Hall–Kier alpha value is -2.11. The third kappa shape index (κ3) is 5.13. The van der Waals surface area contributed by atoms with Crippen molar-refractivity contribution >= 4 is 48.7 Å². The molecule has 160 valence electrons. The Morgan fingerprint density at radius 1 is 1.20 bits per heavy atom. The predicted molar refractivity (Wildman–Crippen MR) is 115 cm³/mol. The van der Waals surface area contributed by atoms with Crippen LogP contribution in [0.5, 0.6) is 5.75 Å². The number of thiophene rings is 1. The first-order chi connectivity index (χ1) is 14.2. The van der Waals surface area contributed by atoms with Crippen LogP contribution in [0, 0.1) is 0 Å². The molecule has 0 fully saturated rings. The molecule has 0 saturated heterocycles. The molecule has 1 atom stereocenters. The van der Waals surface area contributed by atoms with E-state index in [1.807, 2.05) is 0 Å². The Morgan fingerprint density at radius 2 is 1.97 bits per heavy atom. The molecule has 10 heteroatoms. The van der Waals surface area contributed by atoms with Gasteiger partial charge in [-0.1, -0.05) is 12.1 Å². The quantitative estimate of drug-likeness (QED) is 0.282. The Morgan fingerprint density at radius 3 is 2.63 bits per heavy atom. The Kier molecular flexibility index (Phi) is 7.04. The van der Waals surface area contributed by atoms with Crippen LogP contribution in [0.2, 0.25) is 0 Å². The molecule has 2 aromatic carbocycles. The number of esters is 1. The van der Waals surface area contributed by atoms with E-state index in [1.54, 1.807) is 49.4 Å². The van der Waals surface area contributed by atoms with Crippen molar-refractivity contribution in [3.8, 4) is 5.75 Å². The zero-order valence-corrected chi connectivity index (χ0v) is 19.0. The van der Waals surface area contributed by atoms with Crippen LogP contribution in [0.4, 0.5) is 0 Å². The van der Waals surface area contributed by atoms with Crippen LogP contribution >= 0.6 is 11.3 Å². The summed E-state index contributed by atoms with van der Waals surface area (Å²) in [6.07, 6.45) is 0.977. The van der Waals surface area contributed by atoms with Crippen molar-refractivity contribution in [3.63, 3.8) is 0 Å². The van der Waals surface area contributed by atoms with Crippen LogP contribution in [0.1, 0.15) is 22.2 Å². The van der Waals surface area contributed by atoms with Gasteiger partial charge >= 0.3 is 5.97 Å². The summed E-state index contributed by atoms with van der Waals surface area (Å²) in [4.78, 5) is 13.7. The number of hydrogen-bond acceptors (Lipinski definition) is 8. The van der Waals surface area contributed by atoms with Gasteiger partial charge in [0.05, 0.1) is 26.6 Å². The van der Waals surface area contributed by atoms with Gasteiger partial charge in [0.1, 0.15) is 5.75 Å². The lowest BCUT2D eigenvalue weighted by atomic mass is 10.2. The third-order valence-electron chi connectivity index (χ3n) is 4.05. The fraction of sp³-hybridized carbons (Fsp3) is 0.250. The monoisotopic (exact) mass is 468 g/mol. The van der Waals surface area contributed by atoms with Crippen molar-refractivity contribution in [3.05, 3.63) is 52.9 Å². The van der Waals surface area contributed by atoms with Gasteiger partial charge in [-0.25, -0.2) is 4.79 Å². The molecule has 0 saturated carbocycles. The van der Waals surface area contributed by atoms with Gasteiger partial charge in [-0.15, -0.1) is 11.3 Å². The molecule has 3 rings (SSSR count). The maximum absolute atomic E-state index is 13.4. The van der Waals surface area contributed by atoms with E-state index >= 15 is 0 Å². The summed E-state index contributed by atoms with van der Waals surface area (Å²) < 4.78 is 51.8. The Bertz CT molecular complexity index is 1170. The number of hydrogen-bond donors (Lipinski definition) is 0. The Labute approximate surface area is 181 Å². The van der Waals surface area contributed by atoms with Crippen molar-refractivity contribution < 1.29 is 31.4 Å². The average Bonchev–Trinajstić information content (AvgIpc) is 3.10. The lowest BCUT2D eigenvalue weighted by Gasteiger charge is -2.12. The number of carbonyl (C=O) groups is 1. The van der Waals surface area contributed by atoms with E-state index in [2.05, 4.69) is 0 Å². The van der Waals surface area contributed by atoms with E-state index in [4.69, 9.17) is 13.7 Å². The molecule has 30 heavy (non-hydrogen) atoms. The summed E-state index contributed by atoms with van der Waals surface area (Å²) >= 11 is -0.511. The molecule has 0 amide bonds. The zero-order chi connectivity index (χ0) is 21.9. The molecule has 0 aliphatic carbocycles. The lowest BCUT2D eigenvalue weighted by molar-refractivity contribution is 0.0528. The van der Waals surface area contributed by atoms with Gasteiger partial charge in [-0.3, -0.25) is 4.18 Å². The molecular formula is C20H20O7S3. The van der Waals surface area contributed by atoms with E-state index in [1.165, 1.54) is 7.11 Å². The maximum Gasteiger partial charge on any atom is 0.353 e. The van der Waals surface area contributed by atoms with Gasteiger partial charge in [0.2, 0.25) is 0 Å². The minimum Gasteiger partial charge on any atom is -0.606 e. The van der Waals surface area contributed by atoms with Crippen molar-refractivity contribution in [2.75, 3.05) is 20.0 Å². The van der Waals surface area contributed by atoms with Crippen LogP contribution in [-0.2, 0) is 36.8 Å². The van der Waals surface area contributed by atoms with Crippen LogP contribution in [-0.4, -0.2) is 38.9 Å². The van der Waals surface area contributed by atoms with Crippen LogP contribution in [0.25, 0.3) is 10.1 Å². The second kappa shape index (κ2) is 9.36. The molecule has 0 N–H and O–H groups in total. The van der Waals surface area contributed by atoms with E-state index in [9.17, 15) is 17.8 Å². The molecular weight excluding hydrogens is 448 g/mol. The molecule has 3 aromatic rings. The average molecular weight is 469 g/mol. The summed E-state index contributed by atoms with van der Waals surface area (Å²) in [5.41, 5.74) is 0.614. The zero-order valence-electron chi connectivity index (χ0n) is 16.5. The van der Waals surface area contributed by atoms with Crippen molar-refractivity contribution in [2.24, 2.45) is 0 Å². The van der Waals surface area contributed by atoms with Gasteiger partial charge < -0.3 is 14.0 Å². The topological polar surface area (TPSA) is 102 Å². The van der Waals surface area contributed by atoms with E-state index in [0.717, 1.165) is 17.6 Å². The molecule has 0 aliphatic rings. The Balaban J connectivity index is 2.09. The van der Waals surface area contributed by atoms with E-state index in [0.29, 0.717) is 31.2 Å². The number of ether oxygens (including phenoxy) is 2. The largest absolute Gasteiger partial charge is 0.606 e. The minimum atomic E-state index is -3.59. The standard InChI is InChI=1S/C20H20O7S3/c1-4-26-20(21)18-19(29(22)15-7-5-6-14(11-15)25-2)16-9-8-13(10-17(16)28-18)12-27-30(3,23)24/h5-11H,4,12H2,1-3H3.